The highest BCUT2D eigenvalue weighted by atomic mass is 32.1. The van der Waals surface area contributed by atoms with Crippen molar-refractivity contribution in [1.29, 1.82) is 0 Å². The molecule has 3 N–H and O–H groups in total. The summed E-state index contributed by atoms with van der Waals surface area (Å²) in [6, 6.07) is 7.67. The molecule has 0 spiro atoms. The molecule has 0 aromatic carbocycles. The minimum absolute atomic E-state index is 0.581. The van der Waals surface area contributed by atoms with E-state index >= 15 is 0 Å². The van der Waals surface area contributed by atoms with Gasteiger partial charge >= 0.3 is 0 Å². The van der Waals surface area contributed by atoms with Gasteiger partial charge in [-0.3, -0.25) is 4.98 Å². The smallest absolute Gasteiger partial charge is 0.181 e. The van der Waals surface area contributed by atoms with Crippen molar-refractivity contribution < 1.29 is 0 Å². The number of nitrogens with zero attached hydrogens (tertiary/aromatic N) is 3. The Bertz CT molecular complexity index is 692. The minimum Gasteiger partial charge on any atom is -0.308 e. The number of hydrazine groups is 1. The van der Waals surface area contributed by atoms with Gasteiger partial charge in [0.1, 0.15) is 10.5 Å². The van der Waals surface area contributed by atoms with Crippen molar-refractivity contribution >= 4 is 27.4 Å². The van der Waals surface area contributed by atoms with E-state index in [4.69, 9.17) is 5.84 Å². The highest BCUT2D eigenvalue weighted by Gasteiger charge is 2.11. The van der Waals surface area contributed by atoms with Crippen LogP contribution in [0.4, 0.5) is 5.82 Å². The largest absolute Gasteiger partial charge is 0.308 e. The Kier molecular flexibility index (Phi) is 2.66. The monoisotopic (exact) mass is 257 g/mol. The van der Waals surface area contributed by atoms with E-state index in [1.54, 1.807) is 17.5 Å². The summed E-state index contributed by atoms with van der Waals surface area (Å²) in [6.45, 7) is 2.03. The summed E-state index contributed by atoms with van der Waals surface area (Å²) in [7, 11) is 0. The summed E-state index contributed by atoms with van der Waals surface area (Å²) >= 11 is 1.62. The number of thiophene rings is 1. The maximum Gasteiger partial charge on any atom is 0.181 e. The topological polar surface area (TPSA) is 76.7 Å². The first-order valence-electron chi connectivity index (χ1n) is 5.44. The standard InChI is InChI=1S/C12H11N5S/c1-7-6-8-10(17-13)15-11(16-12(8)18-7)9-4-2-3-5-14-9/h2-6H,13H2,1H3,(H,15,16,17). The summed E-state index contributed by atoms with van der Waals surface area (Å²) in [5.74, 6) is 6.73. The van der Waals surface area contributed by atoms with E-state index < -0.39 is 0 Å². The molecule has 18 heavy (non-hydrogen) atoms. The molecule has 0 aliphatic rings. The van der Waals surface area contributed by atoms with E-state index in [1.165, 1.54) is 4.88 Å². The number of aromatic nitrogens is 3. The van der Waals surface area contributed by atoms with Gasteiger partial charge < -0.3 is 5.43 Å². The van der Waals surface area contributed by atoms with E-state index in [0.29, 0.717) is 11.6 Å². The Balaban J connectivity index is 2.25. The molecular weight excluding hydrogens is 246 g/mol. The number of hydrogen-bond acceptors (Lipinski definition) is 6. The Morgan fingerprint density at radius 3 is 2.89 bits per heavy atom. The molecule has 0 saturated heterocycles. The fourth-order valence-electron chi connectivity index (χ4n) is 1.76. The molecule has 0 aliphatic carbocycles. The maximum absolute atomic E-state index is 5.52. The first kappa shape index (κ1) is 11.1. The van der Waals surface area contributed by atoms with Crippen LogP contribution in [0.5, 0.6) is 0 Å². The predicted octanol–water partition coefficient (Wildman–Crippen LogP) is 2.35. The lowest BCUT2D eigenvalue weighted by Crippen LogP contribution is -2.09. The van der Waals surface area contributed by atoms with Gasteiger partial charge in [-0.15, -0.1) is 11.3 Å². The van der Waals surface area contributed by atoms with E-state index in [9.17, 15) is 0 Å². The van der Waals surface area contributed by atoms with Crippen LogP contribution in [-0.2, 0) is 0 Å². The van der Waals surface area contributed by atoms with Gasteiger partial charge in [-0.25, -0.2) is 15.8 Å². The molecule has 0 unspecified atom stereocenters. The number of nitrogen functional groups attached to an aromatic ring is 1. The van der Waals surface area contributed by atoms with Gasteiger partial charge in [0.05, 0.1) is 5.39 Å². The van der Waals surface area contributed by atoms with E-state index in [-0.39, 0.29) is 0 Å². The quantitative estimate of drug-likeness (QED) is 0.544. The summed E-state index contributed by atoms with van der Waals surface area (Å²) in [6.07, 6.45) is 1.72. The second-order valence-corrected chi connectivity index (χ2v) is 5.07. The molecule has 3 aromatic heterocycles. The zero-order valence-corrected chi connectivity index (χ0v) is 10.5. The van der Waals surface area contributed by atoms with Gasteiger partial charge in [-0.2, -0.15) is 0 Å². The number of aryl methyl sites for hydroxylation is 1. The van der Waals surface area contributed by atoms with E-state index in [0.717, 1.165) is 15.9 Å². The number of rotatable bonds is 2. The summed E-state index contributed by atoms with van der Waals surface area (Å²) in [4.78, 5) is 15.3. The molecule has 0 fully saturated rings. The van der Waals surface area contributed by atoms with Crippen molar-refractivity contribution in [3.63, 3.8) is 0 Å². The Labute approximate surface area is 108 Å². The second kappa shape index (κ2) is 4.32. The molecule has 5 nitrogen and oxygen atoms in total. The van der Waals surface area contributed by atoms with Crippen molar-refractivity contribution in [2.24, 2.45) is 5.84 Å². The van der Waals surface area contributed by atoms with Crippen LogP contribution >= 0.6 is 11.3 Å². The SMILES string of the molecule is Cc1cc2c(NN)nc(-c3ccccn3)nc2s1. The van der Waals surface area contributed by atoms with Gasteiger partial charge in [0.25, 0.3) is 0 Å². The molecule has 90 valence electrons. The van der Waals surface area contributed by atoms with E-state index in [2.05, 4.69) is 20.4 Å². The molecule has 0 aliphatic heterocycles. The number of hydrogen-bond donors (Lipinski definition) is 2. The molecular formula is C12H11N5S. The van der Waals surface area contributed by atoms with Crippen LogP contribution in [0.3, 0.4) is 0 Å². The first-order chi connectivity index (χ1) is 8.78. The number of nitrogens with one attached hydrogen (secondary N) is 1. The number of anilines is 1. The Morgan fingerprint density at radius 2 is 2.17 bits per heavy atom. The average Bonchev–Trinajstić information content (AvgIpc) is 2.78. The lowest BCUT2D eigenvalue weighted by Gasteiger charge is -2.04. The Hall–Kier alpha value is -2.05. The molecule has 3 rings (SSSR count). The lowest BCUT2D eigenvalue weighted by molar-refractivity contribution is 1.16. The van der Waals surface area contributed by atoms with Crippen LogP contribution in [-0.4, -0.2) is 15.0 Å². The highest BCUT2D eigenvalue weighted by molar-refractivity contribution is 7.18. The predicted molar refractivity (Wildman–Crippen MR) is 73.2 cm³/mol. The third kappa shape index (κ3) is 1.81. The van der Waals surface area contributed by atoms with Crippen LogP contribution in [0.25, 0.3) is 21.7 Å². The van der Waals surface area contributed by atoms with Crippen LogP contribution in [0, 0.1) is 6.92 Å². The van der Waals surface area contributed by atoms with Gasteiger partial charge in [-0.1, -0.05) is 6.07 Å². The molecule has 0 amide bonds. The van der Waals surface area contributed by atoms with Crippen LogP contribution in [0.1, 0.15) is 4.88 Å². The van der Waals surface area contributed by atoms with Crippen molar-refractivity contribution in [1.82, 2.24) is 15.0 Å². The van der Waals surface area contributed by atoms with Gasteiger partial charge in [0, 0.05) is 11.1 Å². The van der Waals surface area contributed by atoms with Crippen molar-refractivity contribution in [3.05, 3.63) is 35.3 Å². The van der Waals surface area contributed by atoms with Crippen LogP contribution < -0.4 is 11.3 Å². The fraction of sp³-hybridized carbons (Fsp3) is 0.0833. The zero-order chi connectivity index (χ0) is 12.5. The molecule has 6 heteroatoms. The number of fused-ring (bicyclic) bond motifs is 1. The zero-order valence-electron chi connectivity index (χ0n) is 9.71. The third-order valence-corrected chi connectivity index (χ3v) is 3.49. The van der Waals surface area contributed by atoms with E-state index in [1.807, 2.05) is 31.2 Å². The first-order valence-corrected chi connectivity index (χ1v) is 6.26. The van der Waals surface area contributed by atoms with Crippen LogP contribution in [0.15, 0.2) is 30.5 Å². The molecule has 0 radical (unpaired) electrons. The molecule has 0 saturated carbocycles. The van der Waals surface area contributed by atoms with Gasteiger partial charge in [-0.05, 0) is 25.1 Å². The molecule has 3 aromatic rings. The number of pyridine rings is 1. The molecule has 0 atom stereocenters. The summed E-state index contributed by atoms with van der Waals surface area (Å²) in [5.41, 5.74) is 3.36. The third-order valence-electron chi connectivity index (χ3n) is 2.55. The van der Waals surface area contributed by atoms with Crippen molar-refractivity contribution in [3.8, 4) is 11.5 Å². The minimum atomic E-state index is 0.581. The molecule has 3 heterocycles. The normalized spacial score (nSPS) is 10.8. The average molecular weight is 257 g/mol. The highest BCUT2D eigenvalue weighted by Crippen LogP contribution is 2.29. The lowest BCUT2D eigenvalue weighted by atomic mass is 10.3. The van der Waals surface area contributed by atoms with Crippen molar-refractivity contribution in [2.45, 2.75) is 6.92 Å². The van der Waals surface area contributed by atoms with Crippen LogP contribution in [0.2, 0.25) is 0 Å². The summed E-state index contributed by atoms with van der Waals surface area (Å²) < 4.78 is 0. The Morgan fingerprint density at radius 1 is 1.28 bits per heavy atom. The van der Waals surface area contributed by atoms with Gasteiger partial charge in [0.2, 0.25) is 0 Å². The van der Waals surface area contributed by atoms with Crippen molar-refractivity contribution in [2.75, 3.05) is 5.43 Å². The maximum atomic E-state index is 5.52. The molecule has 0 bridgehead atoms. The number of nitrogens with two attached hydrogens (primary N) is 1. The van der Waals surface area contributed by atoms with Gasteiger partial charge in [0.15, 0.2) is 11.6 Å². The second-order valence-electron chi connectivity index (χ2n) is 3.83. The fourth-order valence-corrected chi connectivity index (χ4v) is 2.64. The summed E-state index contributed by atoms with van der Waals surface area (Å²) in [5, 5.41) is 0.944.